The molecule has 0 unspecified atom stereocenters. The maximum atomic E-state index is 12.2. The van der Waals surface area contributed by atoms with Gasteiger partial charge in [-0.3, -0.25) is 4.79 Å². The minimum Gasteiger partial charge on any atom is -0.496 e. The Balaban J connectivity index is 2.21. The molecule has 0 fully saturated rings. The van der Waals surface area contributed by atoms with Crippen LogP contribution >= 0.6 is 27.5 Å². The first-order chi connectivity index (χ1) is 11.0. The van der Waals surface area contributed by atoms with Crippen molar-refractivity contribution in [1.29, 1.82) is 5.26 Å². The molecule has 0 aromatic heterocycles. The van der Waals surface area contributed by atoms with Crippen LogP contribution in [0.25, 0.3) is 6.08 Å². The Bertz CT molecular complexity index is 795. The molecule has 6 heteroatoms. The van der Waals surface area contributed by atoms with Crippen LogP contribution in [0, 0.1) is 11.3 Å². The molecule has 1 amide bonds. The second-order valence-corrected chi connectivity index (χ2v) is 5.82. The number of methoxy groups -OCH3 is 1. The molecule has 0 atom stereocenters. The summed E-state index contributed by atoms with van der Waals surface area (Å²) in [4.78, 5) is 12.2. The van der Waals surface area contributed by atoms with E-state index in [0.717, 1.165) is 4.47 Å². The highest BCUT2D eigenvalue weighted by molar-refractivity contribution is 9.10. The molecule has 0 aliphatic rings. The first kappa shape index (κ1) is 17.1. The highest BCUT2D eigenvalue weighted by atomic mass is 79.9. The van der Waals surface area contributed by atoms with Crippen molar-refractivity contribution in [2.45, 2.75) is 0 Å². The summed E-state index contributed by atoms with van der Waals surface area (Å²) in [5, 5.41) is 12.4. The van der Waals surface area contributed by atoms with Gasteiger partial charge in [-0.25, -0.2) is 0 Å². The molecule has 0 spiro atoms. The van der Waals surface area contributed by atoms with E-state index in [1.54, 1.807) is 49.6 Å². The summed E-state index contributed by atoms with van der Waals surface area (Å²) >= 11 is 9.16. The van der Waals surface area contributed by atoms with Gasteiger partial charge >= 0.3 is 0 Å². The van der Waals surface area contributed by atoms with Crippen LogP contribution in [0.1, 0.15) is 5.56 Å². The van der Waals surface area contributed by atoms with E-state index >= 15 is 0 Å². The lowest BCUT2D eigenvalue weighted by atomic mass is 10.1. The fraction of sp³-hybridized carbons (Fsp3) is 0.0588. The molecule has 4 nitrogen and oxygen atoms in total. The van der Waals surface area contributed by atoms with E-state index in [2.05, 4.69) is 21.2 Å². The fourth-order valence-electron chi connectivity index (χ4n) is 1.82. The number of halogens is 2. The Morgan fingerprint density at radius 2 is 2.00 bits per heavy atom. The lowest BCUT2D eigenvalue weighted by Gasteiger charge is -2.06. The molecule has 0 radical (unpaired) electrons. The first-order valence-corrected chi connectivity index (χ1v) is 7.73. The van der Waals surface area contributed by atoms with E-state index in [9.17, 15) is 10.1 Å². The molecular formula is C17H12BrClN2O2. The number of carbonyl (C=O) groups is 1. The Kier molecular flexibility index (Phi) is 5.80. The molecule has 2 rings (SSSR count). The summed E-state index contributed by atoms with van der Waals surface area (Å²) in [6.45, 7) is 0. The predicted molar refractivity (Wildman–Crippen MR) is 94.4 cm³/mol. The van der Waals surface area contributed by atoms with E-state index in [1.165, 1.54) is 6.08 Å². The zero-order valence-electron chi connectivity index (χ0n) is 12.1. The minimum atomic E-state index is -0.484. The Hall–Kier alpha value is -2.29. The zero-order valence-corrected chi connectivity index (χ0v) is 14.5. The Labute approximate surface area is 147 Å². The van der Waals surface area contributed by atoms with E-state index in [0.29, 0.717) is 22.0 Å². The van der Waals surface area contributed by atoms with E-state index in [4.69, 9.17) is 16.3 Å². The van der Waals surface area contributed by atoms with Gasteiger partial charge in [-0.05, 0) is 64.0 Å². The first-order valence-electron chi connectivity index (χ1n) is 6.55. The molecule has 1 N–H and O–H groups in total. The number of hydrogen-bond donors (Lipinski definition) is 1. The number of benzene rings is 2. The van der Waals surface area contributed by atoms with Gasteiger partial charge in [0.2, 0.25) is 0 Å². The monoisotopic (exact) mass is 390 g/mol. The molecule has 23 heavy (non-hydrogen) atoms. The molecule has 2 aromatic rings. The Morgan fingerprint density at radius 1 is 1.30 bits per heavy atom. The molecule has 0 aliphatic carbocycles. The lowest BCUT2D eigenvalue weighted by Crippen LogP contribution is -2.13. The molecule has 0 saturated carbocycles. The van der Waals surface area contributed by atoms with Gasteiger partial charge in [-0.15, -0.1) is 0 Å². The third-order valence-electron chi connectivity index (χ3n) is 2.95. The van der Waals surface area contributed by atoms with Gasteiger partial charge in [-0.1, -0.05) is 17.7 Å². The quantitative estimate of drug-likeness (QED) is 0.609. The average molecular weight is 392 g/mol. The van der Waals surface area contributed by atoms with E-state index < -0.39 is 5.91 Å². The topological polar surface area (TPSA) is 62.1 Å². The van der Waals surface area contributed by atoms with Crippen LogP contribution in [0.4, 0.5) is 5.69 Å². The van der Waals surface area contributed by atoms with Crippen molar-refractivity contribution in [2.24, 2.45) is 0 Å². The standard InChI is InChI=1S/C17H12BrClN2O2/c1-23-16-7-2-11(9-15(16)18)8-12(10-20)17(22)21-14-5-3-13(19)4-6-14/h2-9H,1H3,(H,21,22)/b12-8+. The smallest absolute Gasteiger partial charge is 0.266 e. The van der Waals surface area contributed by atoms with Crippen LogP contribution in [0.2, 0.25) is 5.02 Å². The van der Waals surface area contributed by atoms with Crippen LogP contribution in [0.3, 0.4) is 0 Å². The van der Waals surface area contributed by atoms with Crippen molar-refractivity contribution in [1.82, 2.24) is 0 Å². The zero-order chi connectivity index (χ0) is 16.8. The van der Waals surface area contributed by atoms with Gasteiger partial charge in [-0.2, -0.15) is 5.26 Å². The number of carbonyl (C=O) groups excluding carboxylic acids is 1. The highest BCUT2D eigenvalue weighted by Crippen LogP contribution is 2.26. The van der Waals surface area contributed by atoms with Crippen LogP contribution < -0.4 is 10.1 Å². The van der Waals surface area contributed by atoms with E-state index in [1.807, 2.05) is 6.07 Å². The second kappa shape index (κ2) is 7.82. The van der Waals surface area contributed by atoms with Crippen molar-refractivity contribution < 1.29 is 9.53 Å². The highest BCUT2D eigenvalue weighted by Gasteiger charge is 2.10. The summed E-state index contributed by atoms with van der Waals surface area (Å²) in [5.74, 6) is 0.188. The molecule has 116 valence electrons. The van der Waals surface area contributed by atoms with Crippen LogP contribution in [-0.4, -0.2) is 13.0 Å². The number of nitrogens with zero attached hydrogens (tertiary/aromatic N) is 1. The van der Waals surface area contributed by atoms with Gasteiger partial charge in [0.1, 0.15) is 17.4 Å². The van der Waals surface area contributed by atoms with Crippen molar-refractivity contribution in [3.8, 4) is 11.8 Å². The minimum absolute atomic E-state index is 0.00276. The summed E-state index contributed by atoms with van der Waals surface area (Å²) < 4.78 is 5.88. The molecule has 0 saturated heterocycles. The number of nitriles is 1. The van der Waals surface area contributed by atoms with E-state index in [-0.39, 0.29) is 5.57 Å². The summed E-state index contributed by atoms with van der Waals surface area (Å²) in [5.41, 5.74) is 1.27. The van der Waals surface area contributed by atoms with Crippen molar-refractivity contribution in [2.75, 3.05) is 12.4 Å². The largest absolute Gasteiger partial charge is 0.496 e. The number of amides is 1. The maximum Gasteiger partial charge on any atom is 0.266 e. The van der Waals surface area contributed by atoms with Crippen molar-refractivity contribution in [3.63, 3.8) is 0 Å². The third-order valence-corrected chi connectivity index (χ3v) is 3.83. The predicted octanol–water partition coefficient (Wildman–Crippen LogP) is 4.66. The third kappa shape index (κ3) is 4.59. The SMILES string of the molecule is COc1ccc(/C=C(\C#N)C(=O)Nc2ccc(Cl)cc2)cc1Br. The molecule has 0 heterocycles. The van der Waals surface area contributed by atoms with Gasteiger partial charge in [0.15, 0.2) is 0 Å². The van der Waals surface area contributed by atoms with Crippen molar-refractivity contribution in [3.05, 3.63) is 63.1 Å². The fourth-order valence-corrected chi connectivity index (χ4v) is 2.50. The maximum absolute atomic E-state index is 12.2. The Morgan fingerprint density at radius 3 is 2.57 bits per heavy atom. The molecule has 0 aliphatic heterocycles. The van der Waals surface area contributed by atoms with Gasteiger partial charge in [0, 0.05) is 10.7 Å². The average Bonchev–Trinajstić information content (AvgIpc) is 2.54. The summed E-state index contributed by atoms with van der Waals surface area (Å²) in [6, 6.07) is 13.8. The van der Waals surface area contributed by atoms with Gasteiger partial charge < -0.3 is 10.1 Å². The second-order valence-electron chi connectivity index (χ2n) is 4.52. The van der Waals surface area contributed by atoms with Crippen LogP contribution in [0.5, 0.6) is 5.75 Å². The summed E-state index contributed by atoms with van der Waals surface area (Å²) in [7, 11) is 1.57. The number of anilines is 1. The molecule has 0 bridgehead atoms. The molecular weight excluding hydrogens is 380 g/mol. The number of ether oxygens (including phenoxy) is 1. The number of hydrogen-bond acceptors (Lipinski definition) is 3. The normalized spacial score (nSPS) is 10.8. The molecule has 2 aromatic carbocycles. The number of rotatable bonds is 4. The van der Waals surface area contributed by atoms with Crippen LogP contribution in [-0.2, 0) is 4.79 Å². The van der Waals surface area contributed by atoms with Gasteiger partial charge in [0.25, 0.3) is 5.91 Å². The van der Waals surface area contributed by atoms with Gasteiger partial charge in [0.05, 0.1) is 11.6 Å². The summed E-state index contributed by atoms with van der Waals surface area (Å²) in [6.07, 6.45) is 1.51. The van der Waals surface area contributed by atoms with Crippen LogP contribution in [0.15, 0.2) is 52.5 Å². The number of nitrogens with one attached hydrogen (secondary N) is 1. The lowest BCUT2D eigenvalue weighted by molar-refractivity contribution is -0.112. The van der Waals surface area contributed by atoms with Crippen molar-refractivity contribution >= 4 is 45.2 Å².